The maximum absolute atomic E-state index is 10.1. The lowest BCUT2D eigenvalue weighted by Crippen LogP contribution is -1.81. The Bertz CT molecular complexity index is 253. The second kappa shape index (κ2) is 9.82. The van der Waals surface area contributed by atoms with Gasteiger partial charge in [0.25, 0.3) is 6.08 Å². The van der Waals surface area contributed by atoms with E-state index >= 15 is 0 Å². The summed E-state index contributed by atoms with van der Waals surface area (Å²) in [5.74, 6) is 0. The Kier molecular flexibility index (Phi) is 11.8. The minimum absolute atomic E-state index is 0.264. The average Bonchev–Trinajstić information content (AvgIpc) is 2.02. The van der Waals surface area contributed by atoms with E-state index in [9.17, 15) is 8.78 Å². The zero-order chi connectivity index (χ0) is 12.6. The summed E-state index contributed by atoms with van der Waals surface area (Å²) in [6.07, 6.45) is -1.83. The smallest absolute Gasteiger partial charge is 0.263 e. The van der Waals surface area contributed by atoms with Gasteiger partial charge in [0.15, 0.2) is 8.98 Å². The number of ether oxygens (including phenoxy) is 1. The van der Waals surface area contributed by atoms with Crippen LogP contribution in [0, 0.1) is 0 Å². The van der Waals surface area contributed by atoms with Crippen LogP contribution in [0.4, 0.5) is 8.78 Å². The summed E-state index contributed by atoms with van der Waals surface area (Å²) in [5, 5.41) is -0.589. The van der Waals surface area contributed by atoms with E-state index in [2.05, 4.69) is 11.3 Å². The molecule has 0 aliphatic heterocycles. The van der Waals surface area contributed by atoms with Crippen LogP contribution in [-0.2, 0) is 4.74 Å². The van der Waals surface area contributed by atoms with Gasteiger partial charge >= 0.3 is 0 Å². The molecular weight excluding hydrogens is 339 g/mol. The Labute approximate surface area is 115 Å². The molecule has 0 aliphatic carbocycles. The Balaban J connectivity index is 0. The summed E-state index contributed by atoms with van der Waals surface area (Å²) in [7, 11) is 0. The molecule has 0 aliphatic rings. The minimum Gasteiger partial charge on any atom is -0.428 e. The first-order valence-electron chi connectivity index (χ1n) is 2.77. The van der Waals surface area contributed by atoms with Crippen LogP contribution < -0.4 is 0 Å². The van der Waals surface area contributed by atoms with Crippen molar-refractivity contribution in [2.75, 3.05) is 0 Å². The largest absolute Gasteiger partial charge is 0.428 e. The molecule has 0 aromatic rings. The Morgan fingerprint density at radius 3 is 1.13 bits per heavy atom. The molecule has 0 atom stereocenters. The van der Waals surface area contributed by atoms with Gasteiger partial charge in [0.1, 0.15) is 0 Å². The maximum atomic E-state index is 10.1. The van der Waals surface area contributed by atoms with Gasteiger partial charge in [-0.05, 0) is 29.8 Å². The summed E-state index contributed by atoms with van der Waals surface area (Å²) >= 11 is 31.4. The Morgan fingerprint density at radius 2 is 1.00 bits per heavy atom. The van der Waals surface area contributed by atoms with Crippen LogP contribution in [0.2, 0.25) is 0 Å². The molecular formula is C6H2Cl6F2O. The van der Waals surface area contributed by atoms with Gasteiger partial charge < -0.3 is 4.74 Å². The van der Waals surface area contributed by atoms with Crippen molar-refractivity contribution in [3.8, 4) is 0 Å². The molecule has 0 saturated carbocycles. The van der Waals surface area contributed by atoms with Crippen LogP contribution >= 0.6 is 69.6 Å². The lowest BCUT2D eigenvalue weighted by Gasteiger charge is -2.00. The number of rotatable bonds is 2. The van der Waals surface area contributed by atoms with Crippen LogP contribution in [0.1, 0.15) is 0 Å². The van der Waals surface area contributed by atoms with Gasteiger partial charge in [-0.15, -0.1) is 0 Å². The van der Waals surface area contributed by atoms with Gasteiger partial charge in [0, 0.05) is 0 Å². The first kappa shape index (κ1) is 18.0. The van der Waals surface area contributed by atoms with Crippen molar-refractivity contribution in [3.63, 3.8) is 0 Å². The fourth-order valence-corrected chi connectivity index (χ4v) is 0.504. The van der Waals surface area contributed by atoms with Crippen LogP contribution in [0.3, 0.4) is 0 Å². The molecule has 0 rings (SSSR count). The summed E-state index contributed by atoms with van der Waals surface area (Å²) in [6, 6.07) is 0. The highest BCUT2D eigenvalue weighted by Gasteiger charge is 2.05. The van der Waals surface area contributed by atoms with Gasteiger partial charge in [-0.2, -0.15) is 8.78 Å². The molecule has 0 spiro atoms. The highest BCUT2D eigenvalue weighted by molar-refractivity contribution is 6.60. The highest BCUT2D eigenvalue weighted by atomic mass is 35.5. The van der Waals surface area contributed by atoms with E-state index in [-0.39, 0.29) is 19.4 Å². The first-order valence-corrected chi connectivity index (χ1v) is 5.04. The molecule has 88 valence electrons. The second-order valence-electron chi connectivity index (χ2n) is 1.51. The lowest BCUT2D eigenvalue weighted by atomic mass is 11.0. The van der Waals surface area contributed by atoms with E-state index in [1.165, 1.54) is 0 Å². The molecule has 0 bridgehead atoms. The van der Waals surface area contributed by atoms with E-state index < -0.39 is 6.08 Å². The van der Waals surface area contributed by atoms with Crippen molar-refractivity contribution in [3.05, 3.63) is 32.1 Å². The molecule has 0 N–H and O–H groups in total. The summed E-state index contributed by atoms with van der Waals surface area (Å²) < 4.78 is 24.3. The molecule has 0 saturated heterocycles. The van der Waals surface area contributed by atoms with Gasteiger partial charge in [0.2, 0.25) is 10.4 Å². The van der Waals surface area contributed by atoms with Gasteiger partial charge in [-0.1, -0.05) is 46.4 Å². The van der Waals surface area contributed by atoms with Crippen molar-refractivity contribution in [2.45, 2.75) is 0 Å². The van der Waals surface area contributed by atoms with E-state index in [1.807, 2.05) is 0 Å². The topological polar surface area (TPSA) is 9.23 Å². The van der Waals surface area contributed by atoms with E-state index in [0.29, 0.717) is 0 Å². The number of halogens is 8. The predicted octanol–water partition coefficient (Wildman–Crippen LogP) is 6.09. The van der Waals surface area contributed by atoms with Crippen LogP contribution in [0.25, 0.3) is 0 Å². The molecule has 0 unspecified atom stereocenters. The number of hydrogen-bond donors (Lipinski definition) is 0. The summed E-state index contributed by atoms with van der Waals surface area (Å²) in [4.78, 5) is 0. The van der Waals surface area contributed by atoms with Gasteiger partial charge in [-0.25, -0.2) is 0 Å². The van der Waals surface area contributed by atoms with Crippen molar-refractivity contribution in [1.82, 2.24) is 0 Å². The minimum atomic E-state index is -1.83. The third-order valence-corrected chi connectivity index (χ3v) is 2.08. The predicted molar refractivity (Wildman–Crippen MR) is 61.6 cm³/mol. The lowest BCUT2D eigenvalue weighted by molar-refractivity contribution is 0.367. The monoisotopic (exact) mass is 338 g/mol. The third kappa shape index (κ3) is 14.6. The summed E-state index contributed by atoms with van der Waals surface area (Å²) in [5.41, 5.74) is 0. The van der Waals surface area contributed by atoms with Gasteiger partial charge in [0.05, 0.1) is 0 Å². The molecule has 15 heavy (non-hydrogen) atoms. The van der Waals surface area contributed by atoms with E-state index in [1.54, 1.807) is 0 Å². The molecule has 9 heteroatoms. The highest BCUT2D eigenvalue weighted by Crippen LogP contribution is 2.26. The average molecular weight is 341 g/mol. The molecule has 0 heterocycles. The molecule has 1 nitrogen and oxygen atoms in total. The number of hydrogen-bond acceptors (Lipinski definition) is 1. The second-order valence-corrected chi connectivity index (χ2v) is 4.09. The SMILES string of the molecule is C=C(F)F.ClC(Cl)=C(Cl)OC(Cl)=C(Cl)Cl. The van der Waals surface area contributed by atoms with E-state index in [0.717, 1.165) is 0 Å². The Morgan fingerprint density at radius 1 is 0.800 bits per heavy atom. The molecule has 0 amide bonds. The van der Waals surface area contributed by atoms with Crippen molar-refractivity contribution in [1.29, 1.82) is 0 Å². The molecule has 0 fully saturated rings. The zero-order valence-corrected chi connectivity index (χ0v) is 11.2. The van der Waals surface area contributed by atoms with Crippen LogP contribution in [0.15, 0.2) is 32.1 Å². The quantitative estimate of drug-likeness (QED) is 0.553. The molecule has 0 aromatic heterocycles. The van der Waals surface area contributed by atoms with E-state index in [4.69, 9.17) is 69.6 Å². The van der Waals surface area contributed by atoms with Crippen LogP contribution in [0.5, 0.6) is 0 Å². The molecule has 0 aromatic carbocycles. The van der Waals surface area contributed by atoms with Crippen molar-refractivity contribution in [2.24, 2.45) is 0 Å². The van der Waals surface area contributed by atoms with Crippen molar-refractivity contribution < 1.29 is 13.5 Å². The molecule has 0 radical (unpaired) electrons. The first-order chi connectivity index (χ1) is 6.68. The van der Waals surface area contributed by atoms with Gasteiger partial charge in [-0.3, -0.25) is 0 Å². The van der Waals surface area contributed by atoms with Crippen LogP contribution in [-0.4, -0.2) is 0 Å². The fourth-order valence-electron chi connectivity index (χ4n) is 0.156. The summed E-state index contributed by atoms with van der Waals surface area (Å²) in [6.45, 7) is 2.22. The fraction of sp³-hybridized carbons (Fsp3) is 0. The normalized spacial score (nSPS) is 8.27. The zero-order valence-electron chi connectivity index (χ0n) is 6.64. The third-order valence-electron chi connectivity index (χ3n) is 0.476. The maximum Gasteiger partial charge on any atom is 0.263 e. The standard InChI is InChI=1S/C4Cl6O.C2H2F2/c5-1(6)3(9)11-4(10)2(7)8;1-2(3)4/h;1H2. The Hall–Kier alpha value is 0.620. The van der Waals surface area contributed by atoms with Crippen molar-refractivity contribution >= 4 is 69.6 Å².